The standard InChI is InChI=1S/C7H11NOS3/c1-11-4-2-3-8-6(9)5-12-7(8)10/h2-5H2,1H3. The monoisotopic (exact) mass is 221 g/mol. The Hall–Kier alpha value is 0.260. The topological polar surface area (TPSA) is 20.3 Å². The Labute approximate surface area is 86.4 Å². The van der Waals surface area contributed by atoms with E-state index >= 15 is 0 Å². The number of carbonyl (C=O) groups excluding carboxylic acids is 1. The molecule has 1 rings (SSSR count). The quantitative estimate of drug-likeness (QED) is 0.530. The van der Waals surface area contributed by atoms with Crippen LogP contribution in [0, 0.1) is 0 Å². The summed E-state index contributed by atoms with van der Waals surface area (Å²) in [7, 11) is 0. The largest absolute Gasteiger partial charge is 0.297 e. The fourth-order valence-electron chi connectivity index (χ4n) is 0.964. The van der Waals surface area contributed by atoms with Gasteiger partial charge in [-0.05, 0) is 18.4 Å². The molecule has 12 heavy (non-hydrogen) atoms. The number of hydrogen-bond acceptors (Lipinski definition) is 4. The van der Waals surface area contributed by atoms with E-state index in [1.807, 2.05) is 0 Å². The highest BCUT2D eigenvalue weighted by molar-refractivity contribution is 8.23. The molecule has 0 atom stereocenters. The second-order valence-corrected chi connectivity index (χ2v) is 5.04. The fraction of sp³-hybridized carbons (Fsp3) is 0.714. The SMILES string of the molecule is CSCCCN1C(=O)CSC1=S. The third-order valence-corrected chi connectivity index (χ3v) is 3.70. The van der Waals surface area contributed by atoms with E-state index in [4.69, 9.17) is 12.2 Å². The molecule has 0 aliphatic carbocycles. The summed E-state index contributed by atoms with van der Waals surface area (Å²) in [6.07, 6.45) is 3.10. The number of rotatable bonds is 4. The molecule has 68 valence electrons. The van der Waals surface area contributed by atoms with Crippen molar-refractivity contribution in [2.45, 2.75) is 6.42 Å². The van der Waals surface area contributed by atoms with Gasteiger partial charge in [-0.25, -0.2) is 0 Å². The van der Waals surface area contributed by atoms with Crippen LogP contribution in [0.1, 0.15) is 6.42 Å². The Bertz CT molecular complexity index is 179. The first-order valence-electron chi connectivity index (χ1n) is 3.71. The van der Waals surface area contributed by atoms with Crippen molar-refractivity contribution >= 4 is 46.0 Å². The van der Waals surface area contributed by atoms with Crippen molar-refractivity contribution in [1.82, 2.24) is 4.90 Å². The smallest absolute Gasteiger partial charge is 0.238 e. The molecule has 0 aromatic carbocycles. The first-order valence-corrected chi connectivity index (χ1v) is 6.50. The molecule has 0 radical (unpaired) electrons. The van der Waals surface area contributed by atoms with Gasteiger partial charge in [0, 0.05) is 6.54 Å². The predicted octanol–water partition coefficient (Wildman–Crippen LogP) is 1.60. The molecule has 5 heteroatoms. The van der Waals surface area contributed by atoms with E-state index in [2.05, 4.69) is 6.26 Å². The Kier molecular flexibility index (Phi) is 4.39. The van der Waals surface area contributed by atoms with E-state index < -0.39 is 0 Å². The average Bonchev–Trinajstić information content (AvgIpc) is 2.35. The summed E-state index contributed by atoms with van der Waals surface area (Å²) in [5.74, 6) is 1.81. The van der Waals surface area contributed by atoms with E-state index in [1.54, 1.807) is 16.7 Å². The molecule has 1 heterocycles. The highest BCUT2D eigenvalue weighted by atomic mass is 32.2. The van der Waals surface area contributed by atoms with Gasteiger partial charge in [-0.2, -0.15) is 11.8 Å². The maximum atomic E-state index is 11.2. The Morgan fingerprint density at radius 1 is 1.75 bits per heavy atom. The average molecular weight is 221 g/mol. The highest BCUT2D eigenvalue weighted by Crippen LogP contribution is 2.19. The fourth-order valence-corrected chi connectivity index (χ4v) is 2.50. The zero-order valence-electron chi connectivity index (χ0n) is 6.91. The number of nitrogens with zero attached hydrogens (tertiary/aromatic N) is 1. The molecule has 0 aromatic rings. The van der Waals surface area contributed by atoms with E-state index in [9.17, 15) is 4.79 Å². The number of amides is 1. The zero-order valence-corrected chi connectivity index (χ0v) is 9.36. The number of hydrogen-bond donors (Lipinski definition) is 0. The summed E-state index contributed by atoms with van der Waals surface area (Å²) in [6, 6.07) is 0. The van der Waals surface area contributed by atoms with Gasteiger partial charge in [-0.1, -0.05) is 24.0 Å². The summed E-state index contributed by atoms with van der Waals surface area (Å²) >= 11 is 8.30. The molecule has 0 unspecified atom stereocenters. The number of thioether (sulfide) groups is 2. The lowest BCUT2D eigenvalue weighted by Gasteiger charge is -2.13. The van der Waals surface area contributed by atoms with E-state index in [-0.39, 0.29) is 5.91 Å². The second kappa shape index (κ2) is 5.09. The zero-order chi connectivity index (χ0) is 8.97. The van der Waals surface area contributed by atoms with E-state index in [0.717, 1.165) is 23.0 Å². The molecule has 1 fully saturated rings. The third-order valence-electron chi connectivity index (χ3n) is 1.57. The minimum absolute atomic E-state index is 0.172. The molecular weight excluding hydrogens is 210 g/mol. The maximum Gasteiger partial charge on any atom is 0.238 e. The molecule has 1 aliphatic heterocycles. The Morgan fingerprint density at radius 3 is 3.00 bits per heavy atom. The van der Waals surface area contributed by atoms with Crippen LogP contribution in [0.3, 0.4) is 0 Å². The van der Waals surface area contributed by atoms with Crippen LogP contribution in [0.2, 0.25) is 0 Å². The van der Waals surface area contributed by atoms with Crippen molar-refractivity contribution in [3.8, 4) is 0 Å². The molecule has 0 saturated carbocycles. The van der Waals surface area contributed by atoms with Gasteiger partial charge in [0.15, 0.2) is 0 Å². The molecule has 1 amide bonds. The van der Waals surface area contributed by atoms with Crippen LogP contribution in [-0.2, 0) is 4.79 Å². The van der Waals surface area contributed by atoms with Crippen LogP contribution in [0.15, 0.2) is 0 Å². The van der Waals surface area contributed by atoms with Gasteiger partial charge >= 0.3 is 0 Å². The lowest BCUT2D eigenvalue weighted by Crippen LogP contribution is -2.29. The first-order chi connectivity index (χ1) is 5.75. The van der Waals surface area contributed by atoms with Gasteiger partial charge in [0.25, 0.3) is 0 Å². The van der Waals surface area contributed by atoms with Gasteiger partial charge in [0.05, 0.1) is 5.75 Å². The maximum absolute atomic E-state index is 11.2. The van der Waals surface area contributed by atoms with Gasteiger partial charge in [0.2, 0.25) is 5.91 Å². The summed E-state index contributed by atoms with van der Waals surface area (Å²) in [5.41, 5.74) is 0. The van der Waals surface area contributed by atoms with Gasteiger partial charge in [-0.3, -0.25) is 9.69 Å². The van der Waals surface area contributed by atoms with Crippen molar-refractivity contribution < 1.29 is 4.79 Å². The van der Waals surface area contributed by atoms with Crippen LogP contribution in [-0.4, -0.2) is 39.4 Å². The Morgan fingerprint density at radius 2 is 2.50 bits per heavy atom. The van der Waals surface area contributed by atoms with Crippen molar-refractivity contribution in [2.75, 3.05) is 24.3 Å². The van der Waals surface area contributed by atoms with Crippen LogP contribution < -0.4 is 0 Å². The van der Waals surface area contributed by atoms with E-state index in [1.165, 1.54) is 11.8 Å². The minimum Gasteiger partial charge on any atom is -0.297 e. The van der Waals surface area contributed by atoms with Gasteiger partial charge in [0.1, 0.15) is 4.32 Å². The molecule has 0 aromatic heterocycles. The third kappa shape index (κ3) is 2.64. The van der Waals surface area contributed by atoms with Gasteiger partial charge in [-0.15, -0.1) is 0 Å². The summed E-state index contributed by atoms with van der Waals surface area (Å²) < 4.78 is 0.751. The first kappa shape index (κ1) is 10.3. The lowest BCUT2D eigenvalue weighted by molar-refractivity contribution is -0.124. The van der Waals surface area contributed by atoms with Crippen molar-refractivity contribution in [2.24, 2.45) is 0 Å². The lowest BCUT2D eigenvalue weighted by atomic mass is 10.4. The highest BCUT2D eigenvalue weighted by Gasteiger charge is 2.25. The van der Waals surface area contributed by atoms with Crippen LogP contribution in [0.25, 0.3) is 0 Å². The predicted molar refractivity (Wildman–Crippen MR) is 59.8 cm³/mol. The minimum atomic E-state index is 0.172. The Balaban J connectivity index is 2.30. The summed E-state index contributed by atoms with van der Waals surface area (Å²) in [6.45, 7) is 0.797. The number of thiocarbonyl (C=S) groups is 1. The van der Waals surface area contributed by atoms with Crippen molar-refractivity contribution in [3.63, 3.8) is 0 Å². The van der Waals surface area contributed by atoms with Crippen LogP contribution >= 0.6 is 35.7 Å². The van der Waals surface area contributed by atoms with Crippen LogP contribution in [0.5, 0.6) is 0 Å². The normalized spacial score (nSPS) is 17.6. The second-order valence-electron chi connectivity index (χ2n) is 2.45. The molecule has 1 saturated heterocycles. The molecule has 2 nitrogen and oxygen atoms in total. The van der Waals surface area contributed by atoms with E-state index in [0.29, 0.717) is 5.75 Å². The molecule has 1 aliphatic rings. The van der Waals surface area contributed by atoms with Gasteiger partial charge < -0.3 is 0 Å². The molecule has 0 bridgehead atoms. The van der Waals surface area contributed by atoms with Crippen molar-refractivity contribution in [3.05, 3.63) is 0 Å². The number of carbonyl (C=O) groups is 1. The summed E-state index contributed by atoms with van der Waals surface area (Å²) in [5, 5.41) is 0. The summed E-state index contributed by atoms with van der Waals surface area (Å²) in [4.78, 5) is 12.9. The molecule has 0 N–H and O–H groups in total. The van der Waals surface area contributed by atoms with Crippen molar-refractivity contribution in [1.29, 1.82) is 0 Å². The molecule has 0 spiro atoms. The van der Waals surface area contributed by atoms with Crippen LogP contribution in [0.4, 0.5) is 0 Å². The molecular formula is C7H11NOS3.